The highest BCUT2D eigenvalue weighted by Gasteiger charge is 2.13. The van der Waals surface area contributed by atoms with Crippen LogP contribution in [0.25, 0.3) is 11.3 Å². The third-order valence-corrected chi connectivity index (χ3v) is 3.63. The molecule has 0 aliphatic heterocycles. The van der Waals surface area contributed by atoms with Gasteiger partial charge >= 0.3 is 0 Å². The van der Waals surface area contributed by atoms with E-state index in [0.29, 0.717) is 17.3 Å². The average Bonchev–Trinajstić information content (AvgIpc) is 3.13. The summed E-state index contributed by atoms with van der Waals surface area (Å²) >= 11 is 0. The number of carbonyl (C=O) groups is 1. The zero-order valence-corrected chi connectivity index (χ0v) is 13.8. The van der Waals surface area contributed by atoms with Crippen molar-refractivity contribution < 1.29 is 14.3 Å². The molecule has 3 rings (SSSR count). The highest BCUT2D eigenvalue weighted by Crippen LogP contribution is 2.25. The SMILES string of the molecule is CC(Nc1cccc(NC(=O)CO)c1)c1ncc(-c2ccccc2)o1. The van der Waals surface area contributed by atoms with Gasteiger partial charge < -0.3 is 20.2 Å². The minimum atomic E-state index is -0.549. The monoisotopic (exact) mass is 337 g/mol. The fraction of sp³-hybridized carbons (Fsp3) is 0.158. The molecule has 0 aliphatic carbocycles. The first-order chi connectivity index (χ1) is 12.2. The normalized spacial score (nSPS) is 11.8. The zero-order valence-electron chi connectivity index (χ0n) is 13.8. The largest absolute Gasteiger partial charge is 0.438 e. The molecule has 0 saturated carbocycles. The van der Waals surface area contributed by atoms with Gasteiger partial charge in [0.05, 0.1) is 6.20 Å². The summed E-state index contributed by atoms with van der Waals surface area (Å²) in [6, 6.07) is 16.9. The molecule has 3 N–H and O–H groups in total. The van der Waals surface area contributed by atoms with Crippen LogP contribution in [0.1, 0.15) is 18.9 Å². The molecule has 3 aromatic rings. The van der Waals surface area contributed by atoms with E-state index < -0.39 is 12.5 Å². The number of benzene rings is 2. The maximum absolute atomic E-state index is 11.3. The molecule has 0 saturated heterocycles. The molecule has 128 valence electrons. The van der Waals surface area contributed by atoms with Crippen molar-refractivity contribution in [2.75, 3.05) is 17.2 Å². The maximum atomic E-state index is 11.3. The molecule has 0 bridgehead atoms. The first-order valence-electron chi connectivity index (χ1n) is 7.94. The van der Waals surface area contributed by atoms with Gasteiger partial charge in [-0.3, -0.25) is 4.79 Å². The third kappa shape index (κ3) is 4.24. The Bertz CT molecular complexity index is 846. The van der Waals surface area contributed by atoms with Crippen LogP contribution >= 0.6 is 0 Å². The minimum absolute atomic E-state index is 0.152. The molecular weight excluding hydrogens is 318 g/mol. The van der Waals surface area contributed by atoms with Crippen LogP contribution in [0.3, 0.4) is 0 Å². The van der Waals surface area contributed by atoms with E-state index in [1.165, 1.54) is 0 Å². The van der Waals surface area contributed by atoms with Crippen molar-refractivity contribution in [2.24, 2.45) is 0 Å². The summed E-state index contributed by atoms with van der Waals surface area (Å²) < 4.78 is 5.84. The van der Waals surface area contributed by atoms with Crippen LogP contribution in [0.15, 0.2) is 65.2 Å². The Labute approximate surface area is 145 Å². The second kappa shape index (κ2) is 7.63. The number of anilines is 2. The molecule has 1 heterocycles. The van der Waals surface area contributed by atoms with E-state index in [0.717, 1.165) is 11.3 Å². The van der Waals surface area contributed by atoms with Crippen LogP contribution in [0, 0.1) is 0 Å². The molecule has 0 aliphatic rings. The number of nitrogens with one attached hydrogen (secondary N) is 2. The highest BCUT2D eigenvalue weighted by atomic mass is 16.4. The summed E-state index contributed by atoms with van der Waals surface area (Å²) in [5.74, 6) is 0.835. The summed E-state index contributed by atoms with van der Waals surface area (Å²) in [5, 5.41) is 14.7. The lowest BCUT2D eigenvalue weighted by Crippen LogP contribution is -2.15. The number of carbonyl (C=O) groups excluding carboxylic acids is 1. The molecule has 0 spiro atoms. The van der Waals surface area contributed by atoms with E-state index in [1.54, 1.807) is 18.3 Å². The number of aliphatic hydroxyl groups is 1. The average molecular weight is 337 g/mol. The van der Waals surface area contributed by atoms with E-state index >= 15 is 0 Å². The van der Waals surface area contributed by atoms with E-state index in [1.807, 2.05) is 49.4 Å². The number of rotatable bonds is 6. The third-order valence-electron chi connectivity index (χ3n) is 3.63. The number of hydrogen-bond acceptors (Lipinski definition) is 5. The Kier molecular flexibility index (Phi) is 5.11. The lowest BCUT2D eigenvalue weighted by Gasteiger charge is -2.13. The standard InChI is InChI=1S/C19H19N3O3/c1-13(19-20-11-17(25-19)14-6-3-2-4-7-14)21-15-8-5-9-16(10-15)22-18(24)12-23/h2-11,13,21,23H,12H2,1H3,(H,22,24). The summed E-state index contributed by atoms with van der Waals surface area (Å²) in [4.78, 5) is 15.6. The Morgan fingerprint density at radius 2 is 1.92 bits per heavy atom. The van der Waals surface area contributed by atoms with Crippen LogP contribution in [-0.4, -0.2) is 22.6 Å². The lowest BCUT2D eigenvalue weighted by atomic mass is 10.2. The predicted octanol–water partition coefficient (Wildman–Crippen LogP) is 3.45. The van der Waals surface area contributed by atoms with Gasteiger partial charge in [0.2, 0.25) is 11.8 Å². The van der Waals surface area contributed by atoms with Crippen molar-refractivity contribution in [2.45, 2.75) is 13.0 Å². The zero-order chi connectivity index (χ0) is 17.6. The van der Waals surface area contributed by atoms with Crippen molar-refractivity contribution in [3.05, 3.63) is 66.7 Å². The molecule has 2 aromatic carbocycles. The molecule has 1 unspecified atom stereocenters. The molecule has 0 fully saturated rings. The molecule has 0 radical (unpaired) electrons. The summed E-state index contributed by atoms with van der Waals surface area (Å²) in [5.41, 5.74) is 2.39. The molecular formula is C19H19N3O3. The topological polar surface area (TPSA) is 87.4 Å². The second-order valence-corrected chi connectivity index (χ2v) is 5.58. The number of nitrogens with zero attached hydrogens (tertiary/aromatic N) is 1. The van der Waals surface area contributed by atoms with Crippen molar-refractivity contribution in [1.29, 1.82) is 0 Å². The van der Waals surface area contributed by atoms with Gasteiger partial charge in [-0.05, 0) is 25.1 Å². The predicted molar refractivity (Wildman–Crippen MR) is 96.1 cm³/mol. The van der Waals surface area contributed by atoms with Crippen molar-refractivity contribution in [1.82, 2.24) is 4.98 Å². The fourth-order valence-electron chi connectivity index (χ4n) is 2.42. The molecule has 1 atom stereocenters. The van der Waals surface area contributed by atoms with Gasteiger partial charge in [0, 0.05) is 16.9 Å². The first kappa shape index (κ1) is 16.7. The van der Waals surface area contributed by atoms with Crippen molar-refractivity contribution in [3.63, 3.8) is 0 Å². The molecule has 6 nitrogen and oxygen atoms in total. The van der Waals surface area contributed by atoms with Gasteiger partial charge in [-0.15, -0.1) is 0 Å². The van der Waals surface area contributed by atoms with Crippen LogP contribution in [0.2, 0.25) is 0 Å². The van der Waals surface area contributed by atoms with E-state index in [2.05, 4.69) is 15.6 Å². The van der Waals surface area contributed by atoms with Crippen molar-refractivity contribution in [3.8, 4) is 11.3 Å². The smallest absolute Gasteiger partial charge is 0.250 e. The Morgan fingerprint density at radius 1 is 1.16 bits per heavy atom. The lowest BCUT2D eigenvalue weighted by molar-refractivity contribution is -0.118. The molecule has 1 aromatic heterocycles. The summed E-state index contributed by atoms with van der Waals surface area (Å²) in [7, 11) is 0. The molecule has 1 amide bonds. The van der Waals surface area contributed by atoms with E-state index in [4.69, 9.17) is 9.52 Å². The Balaban J connectivity index is 1.70. The number of aliphatic hydroxyl groups excluding tert-OH is 1. The molecule has 25 heavy (non-hydrogen) atoms. The minimum Gasteiger partial charge on any atom is -0.438 e. The van der Waals surface area contributed by atoms with Gasteiger partial charge in [0.1, 0.15) is 12.6 Å². The number of oxazole rings is 1. The van der Waals surface area contributed by atoms with Gasteiger partial charge in [0.15, 0.2) is 5.76 Å². The Hall–Kier alpha value is -3.12. The number of hydrogen-bond donors (Lipinski definition) is 3. The molecule has 6 heteroatoms. The number of amides is 1. The van der Waals surface area contributed by atoms with Gasteiger partial charge in [0.25, 0.3) is 0 Å². The fourth-order valence-corrected chi connectivity index (χ4v) is 2.42. The van der Waals surface area contributed by atoms with E-state index in [9.17, 15) is 4.79 Å². The summed E-state index contributed by atoms with van der Waals surface area (Å²) in [6.07, 6.45) is 1.71. The highest BCUT2D eigenvalue weighted by molar-refractivity contribution is 5.91. The summed E-state index contributed by atoms with van der Waals surface area (Å²) in [6.45, 7) is 1.40. The van der Waals surface area contributed by atoms with Crippen molar-refractivity contribution >= 4 is 17.3 Å². The Morgan fingerprint density at radius 3 is 2.68 bits per heavy atom. The van der Waals surface area contributed by atoms with Crippen LogP contribution in [0.5, 0.6) is 0 Å². The first-order valence-corrected chi connectivity index (χ1v) is 7.94. The van der Waals surface area contributed by atoms with Gasteiger partial charge in [-0.25, -0.2) is 4.98 Å². The van der Waals surface area contributed by atoms with Gasteiger partial charge in [-0.2, -0.15) is 0 Å². The van der Waals surface area contributed by atoms with Crippen LogP contribution in [-0.2, 0) is 4.79 Å². The second-order valence-electron chi connectivity index (χ2n) is 5.58. The van der Waals surface area contributed by atoms with E-state index in [-0.39, 0.29) is 6.04 Å². The van der Waals surface area contributed by atoms with Crippen LogP contribution in [0.4, 0.5) is 11.4 Å². The maximum Gasteiger partial charge on any atom is 0.250 e. The quantitative estimate of drug-likeness (QED) is 0.641. The van der Waals surface area contributed by atoms with Crippen LogP contribution < -0.4 is 10.6 Å². The van der Waals surface area contributed by atoms with Gasteiger partial charge in [-0.1, -0.05) is 36.4 Å². The number of aromatic nitrogens is 1.